The minimum Gasteiger partial charge on any atom is -0.367 e. The SMILES string of the molecule is c1cnc2[nH]cc(-c3cc[nH]c3)c2c1. The van der Waals surface area contributed by atoms with E-state index in [1.807, 2.05) is 24.7 Å². The van der Waals surface area contributed by atoms with Crippen LogP contribution in [0.5, 0.6) is 0 Å². The molecule has 68 valence electrons. The van der Waals surface area contributed by atoms with Crippen molar-refractivity contribution in [1.29, 1.82) is 0 Å². The van der Waals surface area contributed by atoms with Crippen molar-refractivity contribution >= 4 is 11.0 Å². The van der Waals surface area contributed by atoms with E-state index in [9.17, 15) is 0 Å². The van der Waals surface area contributed by atoms with E-state index in [1.165, 1.54) is 11.1 Å². The molecule has 0 aliphatic carbocycles. The van der Waals surface area contributed by atoms with Gasteiger partial charge in [0.15, 0.2) is 0 Å². The molecular formula is C11H9N3. The Balaban J connectivity index is 2.33. The number of rotatable bonds is 1. The highest BCUT2D eigenvalue weighted by Crippen LogP contribution is 2.26. The molecule has 0 atom stereocenters. The van der Waals surface area contributed by atoms with Gasteiger partial charge in [-0.3, -0.25) is 0 Å². The highest BCUT2D eigenvalue weighted by molar-refractivity contribution is 5.93. The number of aromatic amines is 2. The third-order valence-electron chi connectivity index (χ3n) is 2.36. The van der Waals surface area contributed by atoms with Crippen LogP contribution in [0, 0.1) is 0 Å². The van der Waals surface area contributed by atoms with Gasteiger partial charge in [-0.1, -0.05) is 0 Å². The van der Waals surface area contributed by atoms with E-state index in [0.717, 1.165) is 11.0 Å². The lowest BCUT2D eigenvalue weighted by Gasteiger charge is -1.92. The van der Waals surface area contributed by atoms with Gasteiger partial charge in [0.1, 0.15) is 5.65 Å². The molecule has 0 fully saturated rings. The Morgan fingerprint density at radius 2 is 2.14 bits per heavy atom. The highest BCUT2D eigenvalue weighted by atomic mass is 14.8. The predicted octanol–water partition coefficient (Wildman–Crippen LogP) is 2.56. The van der Waals surface area contributed by atoms with Crippen molar-refractivity contribution in [1.82, 2.24) is 15.0 Å². The zero-order valence-corrected chi connectivity index (χ0v) is 7.49. The first-order valence-corrected chi connectivity index (χ1v) is 4.50. The molecule has 0 saturated heterocycles. The third-order valence-corrected chi connectivity index (χ3v) is 2.36. The molecule has 0 unspecified atom stereocenters. The first kappa shape index (κ1) is 7.38. The second-order valence-corrected chi connectivity index (χ2v) is 3.20. The quantitative estimate of drug-likeness (QED) is 0.598. The fourth-order valence-electron chi connectivity index (χ4n) is 1.69. The summed E-state index contributed by atoms with van der Waals surface area (Å²) in [6, 6.07) is 6.07. The van der Waals surface area contributed by atoms with Crippen LogP contribution in [-0.2, 0) is 0 Å². The first-order valence-electron chi connectivity index (χ1n) is 4.50. The number of hydrogen-bond donors (Lipinski definition) is 2. The molecular weight excluding hydrogens is 174 g/mol. The Morgan fingerprint density at radius 3 is 3.00 bits per heavy atom. The predicted molar refractivity (Wildman–Crippen MR) is 55.9 cm³/mol. The van der Waals surface area contributed by atoms with Gasteiger partial charge in [0.25, 0.3) is 0 Å². The molecule has 0 bridgehead atoms. The molecule has 14 heavy (non-hydrogen) atoms. The molecule has 3 aromatic heterocycles. The number of aromatic nitrogens is 3. The van der Waals surface area contributed by atoms with Gasteiger partial charge >= 0.3 is 0 Å². The first-order chi connectivity index (χ1) is 6.95. The van der Waals surface area contributed by atoms with Crippen molar-refractivity contribution in [3.8, 4) is 11.1 Å². The van der Waals surface area contributed by atoms with E-state index in [1.54, 1.807) is 6.20 Å². The number of fused-ring (bicyclic) bond motifs is 1. The molecule has 0 aliphatic rings. The number of pyridine rings is 1. The summed E-state index contributed by atoms with van der Waals surface area (Å²) in [5.41, 5.74) is 3.31. The largest absolute Gasteiger partial charge is 0.367 e. The lowest BCUT2D eigenvalue weighted by molar-refractivity contribution is 1.33. The van der Waals surface area contributed by atoms with Gasteiger partial charge in [-0.2, -0.15) is 0 Å². The molecule has 3 heterocycles. The molecule has 0 aromatic carbocycles. The summed E-state index contributed by atoms with van der Waals surface area (Å²) in [5, 5.41) is 1.16. The van der Waals surface area contributed by atoms with Gasteiger partial charge in [-0.25, -0.2) is 4.98 Å². The molecule has 3 rings (SSSR count). The molecule has 0 aliphatic heterocycles. The smallest absolute Gasteiger partial charge is 0.137 e. The van der Waals surface area contributed by atoms with E-state index in [2.05, 4.69) is 27.1 Å². The van der Waals surface area contributed by atoms with E-state index < -0.39 is 0 Å². The van der Waals surface area contributed by atoms with Crippen molar-refractivity contribution in [2.75, 3.05) is 0 Å². The van der Waals surface area contributed by atoms with Crippen molar-refractivity contribution in [2.24, 2.45) is 0 Å². The normalized spacial score (nSPS) is 10.9. The van der Waals surface area contributed by atoms with Gasteiger partial charge in [0, 0.05) is 41.3 Å². The van der Waals surface area contributed by atoms with Gasteiger partial charge in [0.05, 0.1) is 0 Å². The van der Waals surface area contributed by atoms with E-state index in [4.69, 9.17) is 0 Å². The number of nitrogens with one attached hydrogen (secondary N) is 2. The average molecular weight is 183 g/mol. The minimum atomic E-state index is 0.934. The Labute approximate surface area is 80.8 Å². The van der Waals surface area contributed by atoms with Crippen LogP contribution in [0.3, 0.4) is 0 Å². The lowest BCUT2D eigenvalue weighted by Crippen LogP contribution is -1.73. The summed E-state index contributed by atoms with van der Waals surface area (Å²) in [5.74, 6) is 0. The molecule has 3 heteroatoms. The van der Waals surface area contributed by atoms with Crippen molar-refractivity contribution < 1.29 is 0 Å². The van der Waals surface area contributed by atoms with Crippen LogP contribution in [-0.4, -0.2) is 15.0 Å². The summed E-state index contributed by atoms with van der Waals surface area (Å²) in [6.07, 6.45) is 7.68. The van der Waals surface area contributed by atoms with Crippen LogP contribution in [0.25, 0.3) is 22.2 Å². The van der Waals surface area contributed by atoms with Gasteiger partial charge in [-0.15, -0.1) is 0 Å². The van der Waals surface area contributed by atoms with Crippen molar-refractivity contribution in [3.63, 3.8) is 0 Å². The van der Waals surface area contributed by atoms with E-state index in [-0.39, 0.29) is 0 Å². The monoisotopic (exact) mass is 183 g/mol. The summed E-state index contributed by atoms with van der Waals surface area (Å²) in [7, 11) is 0. The number of nitrogens with zero attached hydrogens (tertiary/aromatic N) is 1. The van der Waals surface area contributed by atoms with Crippen LogP contribution >= 0.6 is 0 Å². The standard InChI is InChI=1S/C11H9N3/c1-2-9-10(8-3-5-12-6-8)7-14-11(9)13-4-1/h1-7,12H,(H,13,14). The second-order valence-electron chi connectivity index (χ2n) is 3.20. The molecule has 3 nitrogen and oxygen atoms in total. The van der Waals surface area contributed by atoms with Crippen molar-refractivity contribution in [3.05, 3.63) is 43.0 Å². The van der Waals surface area contributed by atoms with Gasteiger partial charge in [0.2, 0.25) is 0 Å². The zero-order chi connectivity index (χ0) is 9.38. The Morgan fingerprint density at radius 1 is 1.14 bits per heavy atom. The fraction of sp³-hybridized carbons (Fsp3) is 0. The summed E-state index contributed by atoms with van der Waals surface area (Å²) in [6.45, 7) is 0. The number of H-pyrrole nitrogens is 2. The molecule has 0 amide bonds. The topological polar surface area (TPSA) is 44.5 Å². The van der Waals surface area contributed by atoms with E-state index >= 15 is 0 Å². The fourth-order valence-corrected chi connectivity index (χ4v) is 1.69. The zero-order valence-electron chi connectivity index (χ0n) is 7.49. The third kappa shape index (κ3) is 0.956. The number of hydrogen-bond acceptors (Lipinski definition) is 1. The maximum Gasteiger partial charge on any atom is 0.137 e. The van der Waals surface area contributed by atoms with Gasteiger partial charge in [-0.05, 0) is 18.2 Å². The van der Waals surface area contributed by atoms with Crippen LogP contribution < -0.4 is 0 Å². The molecule has 3 aromatic rings. The summed E-state index contributed by atoms with van der Waals surface area (Å²) >= 11 is 0. The summed E-state index contributed by atoms with van der Waals surface area (Å²) < 4.78 is 0. The summed E-state index contributed by atoms with van der Waals surface area (Å²) in [4.78, 5) is 10.4. The van der Waals surface area contributed by atoms with Crippen LogP contribution in [0.4, 0.5) is 0 Å². The Kier molecular flexibility index (Phi) is 1.44. The van der Waals surface area contributed by atoms with Gasteiger partial charge < -0.3 is 9.97 Å². The molecule has 0 radical (unpaired) electrons. The maximum atomic E-state index is 4.25. The van der Waals surface area contributed by atoms with Crippen LogP contribution in [0.2, 0.25) is 0 Å². The maximum absolute atomic E-state index is 4.25. The van der Waals surface area contributed by atoms with Crippen LogP contribution in [0.15, 0.2) is 43.0 Å². The Bertz CT molecular complexity index is 549. The average Bonchev–Trinajstić information content (AvgIpc) is 2.85. The molecule has 2 N–H and O–H groups in total. The van der Waals surface area contributed by atoms with E-state index in [0.29, 0.717) is 0 Å². The highest BCUT2D eigenvalue weighted by Gasteiger charge is 2.05. The lowest BCUT2D eigenvalue weighted by atomic mass is 10.1. The van der Waals surface area contributed by atoms with Crippen LogP contribution in [0.1, 0.15) is 0 Å². The second kappa shape index (κ2) is 2.73. The molecule has 0 saturated carbocycles. The Hall–Kier alpha value is -2.03. The van der Waals surface area contributed by atoms with Crippen molar-refractivity contribution in [2.45, 2.75) is 0 Å². The molecule has 0 spiro atoms. The minimum absolute atomic E-state index is 0.934.